The molecule has 0 N–H and O–H groups in total. The minimum absolute atomic E-state index is 1.01. The van der Waals surface area contributed by atoms with Gasteiger partial charge in [-0.05, 0) is 42.3 Å². The van der Waals surface area contributed by atoms with Crippen LogP contribution in [0.15, 0.2) is 36.7 Å². The molecule has 0 spiro atoms. The predicted molar refractivity (Wildman–Crippen MR) is 63.0 cm³/mol. The highest BCUT2D eigenvalue weighted by atomic mass is 14.6. The zero-order valence-electron chi connectivity index (χ0n) is 8.83. The fourth-order valence-electron chi connectivity index (χ4n) is 2.39. The molecule has 0 amide bonds. The zero-order valence-corrected chi connectivity index (χ0v) is 8.83. The summed E-state index contributed by atoms with van der Waals surface area (Å²) >= 11 is 0. The first-order valence-corrected chi connectivity index (χ1v) is 5.36. The van der Waals surface area contributed by atoms with Gasteiger partial charge in [0.25, 0.3) is 0 Å². The van der Waals surface area contributed by atoms with E-state index in [1.54, 1.807) is 0 Å². The summed E-state index contributed by atoms with van der Waals surface area (Å²) in [5.74, 6) is 0. The number of aromatic nitrogens is 1. The molecule has 0 bridgehead atoms. The lowest BCUT2D eigenvalue weighted by atomic mass is 9.98. The van der Waals surface area contributed by atoms with Crippen LogP contribution in [-0.4, -0.2) is 4.98 Å². The molecular formula is C14H13N. The highest BCUT2D eigenvalue weighted by Crippen LogP contribution is 2.26. The molecule has 0 aliphatic heterocycles. The van der Waals surface area contributed by atoms with Crippen LogP contribution in [0, 0.1) is 6.92 Å². The number of aryl methyl sites for hydroxylation is 1. The van der Waals surface area contributed by atoms with E-state index in [-0.39, 0.29) is 0 Å². The predicted octanol–water partition coefficient (Wildman–Crippen LogP) is 3.20. The third kappa shape index (κ3) is 1.35. The third-order valence-electron chi connectivity index (χ3n) is 3.00. The Hall–Kier alpha value is -1.63. The Kier molecular flexibility index (Phi) is 1.84. The van der Waals surface area contributed by atoms with Gasteiger partial charge in [0.05, 0.1) is 0 Å². The van der Waals surface area contributed by atoms with Crippen molar-refractivity contribution in [2.75, 3.05) is 0 Å². The molecule has 1 aliphatic carbocycles. The molecule has 0 saturated carbocycles. The number of benzene rings is 1. The van der Waals surface area contributed by atoms with Crippen LogP contribution >= 0.6 is 0 Å². The van der Waals surface area contributed by atoms with Crippen LogP contribution in [0.1, 0.15) is 16.7 Å². The van der Waals surface area contributed by atoms with Gasteiger partial charge in [0.15, 0.2) is 0 Å². The number of rotatable bonds is 0. The number of pyridine rings is 1. The van der Waals surface area contributed by atoms with Gasteiger partial charge >= 0.3 is 0 Å². The molecule has 1 heterocycles. The van der Waals surface area contributed by atoms with Crippen molar-refractivity contribution in [3.05, 3.63) is 53.4 Å². The lowest BCUT2D eigenvalue weighted by Crippen LogP contribution is -1.91. The standard InChI is InChI=1S/C14H13N/c1-10-6-11-4-2-3-5-12-8-15-9-13(7-10)14(11)12/h2-3,6-9H,4-5H2,1H3. The van der Waals surface area contributed by atoms with Gasteiger partial charge in [-0.15, -0.1) is 0 Å². The van der Waals surface area contributed by atoms with E-state index in [1.165, 1.54) is 27.5 Å². The van der Waals surface area contributed by atoms with Crippen LogP contribution in [-0.2, 0) is 12.8 Å². The van der Waals surface area contributed by atoms with Crippen molar-refractivity contribution in [3.8, 4) is 0 Å². The molecule has 1 nitrogen and oxygen atoms in total. The summed E-state index contributed by atoms with van der Waals surface area (Å²) in [7, 11) is 0. The Morgan fingerprint density at radius 3 is 2.67 bits per heavy atom. The van der Waals surface area contributed by atoms with Crippen molar-refractivity contribution in [1.29, 1.82) is 0 Å². The molecule has 2 aromatic rings. The molecule has 1 aromatic heterocycles. The molecule has 74 valence electrons. The van der Waals surface area contributed by atoms with Gasteiger partial charge in [0.2, 0.25) is 0 Å². The van der Waals surface area contributed by atoms with Gasteiger partial charge < -0.3 is 0 Å². The van der Waals surface area contributed by atoms with Gasteiger partial charge in [-0.1, -0.05) is 23.8 Å². The normalized spacial score (nSPS) is 14.2. The summed E-state index contributed by atoms with van der Waals surface area (Å²) in [6.45, 7) is 2.15. The SMILES string of the molecule is Cc1cc2c3c(cncc3c1)CC=CC2. The lowest BCUT2D eigenvalue weighted by molar-refractivity contribution is 1.23. The number of nitrogens with zero attached hydrogens (tertiary/aromatic N) is 1. The summed E-state index contributed by atoms with van der Waals surface area (Å²) in [5, 5.41) is 2.70. The van der Waals surface area contributed by atoms with Crippen molar-refractivity contribution in [1.82, 2.24) is 4.98 Å². The van der Waals surface area contributed by atoms with Gasteiger partial charge in [0, 0.05) is 17.8 Å². The van der Waals surface area contributed by atoms with Crippen LogP contribution in [0.2, 0.25) is 0 Å². The van der Waals surface area contributed by atoms with Crippen molar-refractivity contribution in [2.45, 2.75) is 19.8 Å². The van der Waals surface area contributed by atoms with Gasteiger partial charge in [-0.25, -0.2) is 0 Å². The average Bonchev–Trinajstić information content (AvgIpc) is 2.42. The van der Waals surface area contributed by atoms with Crippen LogP contribution < -0.4 is 0 Å². The second-order valence-electron chi connectivity index (χ2n) is 4.20. The largest absolute Gasteiger partial charge is 0.264 e. The van der Waals surface area contributed by atoms with E-state index in [0.717, 1.165) is 12.8 Å². The van der Waals surface area contributed by atoms with E-state index in [2.05, 4.69) is 36.2 Å². The Balaban J connectivity index is 2.46. The maximum Gasteiger partial charge on any atom is 0.0346 e. The summed E-state index contributed by atoms with van der Waals surface area (Å²) in [6, 6.07) is 4.52. The first kappa shape index (κ1) is 8.66. The fraction of sp³-hybridized carbons (Fsp3) is 0.214. The quantitative estimate of drug-likeness (QED) is 0.588. The molecular weight excluding hydrogens is 182 g/mol. The molecule has 0 radical (unpaired) electrons. The van der Waals surface area contributed by atoms with Crippen LogP contribution in [0.4, 0.5) is 0 Å². The fourth-order valence-corrected chi connectivity index (χ4v) is 2.39. The highest BCUT2D eigenvalue weighted by molar-refractivity contribution is 5.89. The maximum absolute atomic E-state index is 4.31. The second kappa shape index (κ2) is 3.20. The van der Waals surface area contributed by atoms with Gasteiger partial charge in [-0.3, -0.25) is 4.98 Å². The second-order valence-corrected chi connectivity index (χ2v) is 4.20. The Labute approximate surface area is 89.5 Å². The highest BCUT2D eigenvalue weighted by Gasteiger charge is 2.08. The molecule has 1 aliphatic rings. The summed E-state index contributed by atoms with van der Waals surface area (Å²) < 4.78 is 0. The smallest absolute Gasteiger partial charge is 0.0346 e. The van der Waals surface area contributed by atoms with Gasteiger partial charge in [-0.2, -0.15) is 0 Å². The number of hydrogen-bond donors (Lipinski definition) is 0. The van der Waals surface area contributed by atoms with Gasteiger partial charge in [0.1, 0.15) is 0 Å². The van der Waals surface area contributed by atoms with Crippen LogP contribution in [0.25, 0.3) is 10.8 Å². The van der Waals surface area contributed by atoms with Crippen molar-refractivity contribution >= 4 is 10.8 Å². The summed E-state index contributed by atoms with van der Waals surface area (Å²) in [5.41, 5.74) is 4.12. The average molecular weight is 195 g/mol. The molecule has 0 unspecified atom stereocenters. The molecule has 3 rings (SSSR count). The number of hydrogen-bond acceptors (Lipinski definition) is 1. The monoisotopic (exact) mass is 195 g/mol. The Bertz CT molecular complexity index is 553. The van der Waals surface area contributed by atoms with E-state index >= 15 is 0 Å². The van der Waals surface area contributed by atoms with Crippen molar-refractivity contribution < 1.29 is 0 Å². The molecule has 1 aromatic carbocycles. The minimum Gasteiger partial charge on any atom is -0.264 e. The molecule has 1 heteroatoms. The van der Waals surface area contributed by atoms with Crippen LogP contribution in [0.3, 0.4) is 0 Å². The first-order valence-electron chi connectivity index (χ1n) is 5.36. The first-order chi connectivity index (χ1) is 7.34. The minimum atomic E-state index is 1.01. The van der Waals surface area contributed by atoms with E-state index in [4.69, 9.17) is 0 Å². The zero-order chi connectivity index (χ0) is 10.3. The molecule has 0 fully saturated rings. The van der Waals surface area contributed by atoms with Crippen LogP contribution in [0.5, 0.6) is 0 Å². The number of allylic oxidation sites excluding steroid dienone is 2. The lowest BCUT2D eigenvalue weighted by Gasteiger charge is -2.08. The Morgan fingerprint density at radius 2 is 1.80 bits per heavy atom. The van der Waals surface area contributed by atoms with E-state index in [1.807, 2.05) is 12.4 Å². The van der Waals surface area contributed by atoms with Crippen molar-refractivity contribution in [3.63, 3.8) is 0 Å². The van der Waals surface area contributed by atoms with E-state index in [9.17, 15) is 0 Å². The van der Waals surface area contributed by atoms with E-state index in [0.29, 0.717) is 0 Å². The van der Waals surface area contributed by atoms with Crippen molar-refractivity contribution in [2.24, 2.45) is 0 Å². The maximum atomic E-state index is 4.31. The topological polar surface area (TPSA) is 12.9 Å². The summed E-state index contributed by atoms with van der Waals surface area (Å²) in [6.07, 6.45) is 10.5. The summed E-state index contributed by atoms with van der Waals surface area (Å²) in [4.78, 5) is 4.31. The molecule has 15 heavy (non-hydrogen) atoms. The Morgan fingerprint density at radius 1 is 1.00 bits per heavy atom. The van der Waals surface area contributed by atoms with E-state index < -0.39 is 0 Å². The third-order valence-corrected chi connectivity index (χ3v) is 3.00. The molecule has 0 atom stereocenters. The molecule has 0 saturated heterocycles.